The SMILES string of the molecule is Sc1c(C(Cl)(Cl)Cl)cc(C(Cl)(Cl)Cl)cc1C(Cl)(Cl)Cl.[Zn+2]. The minimum absolute atomic E-state index is 0. The molecule has 0 amide bonds. The zero-order chi connectivity index (χ0) is 15.2. The van der Waals surface area contributed by atoms with Crippen LogP contribution in [-0.2, 0) is 30.9 Å². The molecule has 20 heavy (non-hydrogen) atoms. The maximum absolute atomic E-state index is 5.83. The van der Waals surface area contributed by atoms with Crippen molar-refractivity contribution in [1.82, 2.24) is 0 Å². The fourth-order valence-electron chi connectivity index (χ4n) is 1.23. The van der Waals surface area contributed by atoms with E-state index in [1.54, 1.807) is 0 Å². The van der Waals surface area contributed by atoms with Gasteiger partial charge in [-0.1, -0.05) is 104 Å². The minimum Gasteiger partial charge on any atom is -0.143 e. The first-order valence-electron chi connectivity index (χ1n) is 4.33. The molecule has 0 N–H and O–H groups in total. The molecular formula is C9H3Cl9SZn+2. The minimum atomic E-state index is -1.81. The summed E-state index contributed by atoms with van der Waals surface area (Å²) in [5, 5.41) is 0. The van der Waals surface area contributed by atoms with Crippen molar-refractivity contribution in [3.8, 4) is 0 Å². The van der Waals surface area contributed by atoms with Crippen LogP contribution in [0.15, 0.2) is 17.0 Å². The summed E-state index contributed by atoms with van der Waals surface area (Å²) in [5.41, 5.74) is 0.481. The molecule has 0 spiro atoms. The molecule has 0 heterocycles. The number of rotatable bonds is 0. The largest absolute Gasteiger partial charge is 2.00 e. The summed E-state index contributed by atoms with van der Waals surface area (Å²) >= 11 is 56.6. The van der Waals surface area contributed by atoms with Gasteiger partial charge in [0.2, 0.25) is 11.4 Å². The van der Waals surface area contributed by atoms with Gasteiger partial charge in [0.15, 0.2) is 0 Å². The summed E-state index contributed by atoms with van der Waals surface area (Å²) in [4.78, 5) is 0.193. The van der Waals surface area contributed by atoms with Crippen LogP contribution in [-0.4, -0.2) is 0 Å². The van der Waals surface area contributed by atoms with Gasteiger partial charge in [-0.2, -0.15) is 0 Å². The van der Waals surface area contributed by atoms with Crippen LogP contribution < -0.4 is 0 Å². The standard InChI is InChI=1S/C9H3Cl9S.Zn/c10-7(11,12)3-1-4(8(13,14)15)6(19)5(2-3)9(16,17)18;/h1-2,19H;/q;+2. The Labute approximate surface area is 179 Å². The van der Waals surface area contributed by atoms with Crippen molar-refractivity contribution < 1.29 is 19.5 Å². The van der Waals surface area contributed by atoms with Crippen molar-refractivity contribution in [3.05, 3.63) is 28.8 Å². The second kappa shape index (κ2) is 7.79. The predicted octanol–water partition coefficient (Wildman–Crippen LogP) is 7.45. The van der Waals surface area contributed by atoms with Gasteiger partial charge in [-0.3, -0.25) is 0 Å². The van der Waals surface area contributed by atoms with Crippen LogP contribution in [0.5, 0.6) is 0 Å². The molecule has 108 valence electrons. The van der Waals surface area contributed by atoms with E-state index in [1.165, 1.54) is 12.1 Å². The zero-order valence-electron chi connectivity index (χ0n) is 9.21. The number of benzene rings is 1. The molecule has 0 aliphatic carbocycles. The smallest absolute Gasteiger partial charge is 0.143 e. The maximum atomic E-state index is 5.83. The van der Waals surface area contributed by atoms with Crippen molar-refractivity contribution in [2.45, 2.75) is 16.3 Å². The van der Waals surface area contributed by atoms with E-state index < -0.39 is 11.4 Å². The number of thiol groups is 1. The van der Waals surface area contributed by atoms with E-state index >= 15 is 0 Å². The van der Waals surface area contributed by atoms with Gasteiger partial charge in [0.05, 0.1) is 0 Å². The molecule has 0 nitrogen and oxygen atoms in total. The van der Waals surface area contributed by atoms with Crippen LogP contribution in [0.1, 0.15) is 16.7 Å². The first-order valence-corrected chi connectivity index (χ1v) is 8.18. The first kappa shape index (κ1) is 22.8. The third kappa shape index (κ3) is 6.02. The fourth-order valence-corrected chi connectivity index (χ4v) is 3.31. The van der Waals surface area contributed by atoms with Crippen molar-refractivity contribution in [2.24, 2.45) is 0 Å². The van der Waals surface area contributed by atoms with Crippen LogP contribution in [0.4, 0.5) is 0 Å². The van der Waals surface area contributed by atoms with E-state index in [4.69, 9.17) is 104 Å². The third-order valence-corrected chi connectivity index (χ3v) is 4.41. The Balaban J connectivity index is 0.00000361. The van der Waals surface area contributed by atoms with Crippen molar-refractivity contribution in [3.63, 3.8) is 0 Å². The zero-order valence-corrected chi connectivity index (χ0v) is 19.9. The maximum Gasteiger partial charge on any atom is 2.00 e. The van der Waals surface area contributed by atoms with Crippen molar-refractivity contribution >= 4 is 117 Å². The van der Waals surface area contributed by atoms with E-state index in [2.05, 4.69) is 12.6 Å². The molecule has 0 radical (unpaired) electrons. The molecule has 0 bridgehead atoms. The average molecular weight is 528 g/mol. The van der Waals surface area contributed by atoms with Crippen LogP contribution >= 0.6 is 117 Å². The second-order valence-electron chi connectivity index (χ2n) is 3.41. The third-order valence-electron chi connectivity index (χ3n) is 2.05. The van der Waals surface area contributed by atoms with Gasteiger partial charge in [0.25, 0.3) is 0 Å². The Morgan fingerprint density at radius 2 is 0.950 bits per heavy atom. The Morgan fingerprint density at radius 3 is 1.15 bits per heavy atom. The van der Waals surface area contributed by atoms with Crippen LogP contribution in [0.2, 0.25) is 0 Å². The molecule has 0 fully saturated rings. The van der Waals surface area contributed by atoms with Crippen LogP contribution in [0.25, 0.3) is 0 Å². The Kier molecular flexibility index (Phi) is 8.88. The number of hydrogen-bond acceptors (Lipinski definition) is 1. The Hall–Kier alpha value is 2.80. The topological polar surface area (TPSA) is 0 Å². The molecule has 1 rings (SSSR count). The van der Waals surface area contributed by atoms with Gasteiger partial charge >= 0.3 is 19.5 Å². The molecule has 0 aliphatic heterocycles. The predicted molar refractivity (Wildman–Crippen MR) is 91.4 cm³/mol. The molecular weight excluding hydrogens is 525 g/mol. The Morgan fingerprint density at radius 1 is 0.650 bits per heavy atom. The summed E-state index contributed by atoms with van der Waals surface area (Å²) in [6.45, 7) is 0. The summed E-state index contributed by atoms with van der Waals surface area (Å²) in [6.07, 6.45) is 0. The van der Waals surface area contributed by atoms with Gasteiger partial charge < -0.3 is 0 Å². The van der Waals surface area contributed by atoms with E-state index in [9.17, 15) is 0 Å². The normalized spacial score (nSPS) is 13.1. The fraction of sp³-hybridized carbons (Fsp3) is 0.333. The van der Waals surface area contributed by atoms with Gasteiger partial charge in [0.1, 0.15) is 0 Å². The molecule has 11 heteroatoms. The van der Waals surface area contributed by atoms with Crippen LogP contribution in [0, 0.1) is 0 Å². The van der Waals surface area contributed by atoms with Crippen LogP contribution in [0.3, 0.4) is 0 Å². The number of alkyl halides is 9. The van der Waals surface area contributed by atoms with Gasteiger partial charge in [-0.25, -0.2) is 0 Å². The summed E-state index contributed by atoms with van der Waals surface area (Å²) in [7, 11) is 0. The quantitative estimate of drug-likeness (QED) is 0.202. The molecule has 0 atom stereocenters. The monoisotopic (exact) mass is 522 g/mol. The number of hydrogen-bond donors (Lipinski definition) is 1. The molecule has 0 saturated carbocycles. The average Bonchev–Trinajstić information content (AvgIpc) is 2.11. The van der Waals surface area contributed by atoms with Gasteiger partial charge in [0, 0.05) is 21.6 Å². The van der Waals surface area contributed by atoms with Crippen molar-refractivity contribution in [1.29, 1.82) is 0 Å². The number of halogens is 9. The molecule has 1 aromatic rings. The van der Waals surface area contributed by atoms with E-state index in [-0.39, 0.29) is 41.1 Å². The Bertz CT molecular complexity index is 451. The molecule has 1 aromatic carbocycles. The molecule has 0 aromatic heterocycles. The van der Waals surface area contributed by atoms with Crippen molar-refractivity contribution in [2.75, 3.05) is 0 Å². The summed E-state index contributed by atoms with van der Waals surface area (Å²) in [6, 6.07) is 2.75. The molecule has 0 saturated heterocycles. The molecule has 0 unspecified atom stereocenters. The summed E-state index contributed by atoms with van der Waals surface area (Å²) < 4.78 is -5.39. The van der Waals surface area contributed by atoms with E-state index in [1.807, 2.05) is 0 Å². The van der Waals surface area contributed by atoms with E-state index in [0.717, 1.165) is 0 Å². The summed E-state index contributed by atoms with van der Waals surface area (Å²) in [5.74, 6) is 0. The van der Waals surface area contributed by atoms with E-state index in [0.29, 0.717) is 0 Å². The second-order valence-corrected chi connectivity index (χ2v) is 10.7. The first-order chi connectivity index (χ1) is 8.24. The molecule has 0 aliphatic rings. The van der Waals surface area contributed by atoms with Gasteiger partial charge in [-0.15, -0.1) is 12.6 Å². The van der Waals surface area contributed by atoms with Gasteiger partial charge in [-0.05, 0) is 12.1 Å².